The minimum absolute atomic E-state index is 0.0500. The quantitative estimate of drug-likeness (QED) is 0.836. The molecule has 0 heterocycles. The van der Waals surface area contributed by atoms with Gasteiger partial charge in [-0.15, -0.1) is 0 Å². The largest absolute Gasteiger partial charge is 0.497 e. The molecule has 0 bridgehead atoms. The number of aliphatic hydroxyl groups is 2. The maximum atomic E-state index is 10.8. The average Bonchev–Trinajstić information content (AvgIpc) is 2.77. The van der Waals surface area contributed by atoms with E-state index in [0.717, 1.165) is 31.4 Å². The van der Waals surface area contributed by atoms with Gasteiger partial charge in [0.15, 0.2) is 0 Å². The van der Waals surface area contributed by atoms with E-state index < -0.39 is 6.10 Å². The third-order valence-electron chi connectivity index (χ3n) is 7.80. The highest BCUT2D eigenvalue weighted by atomic mass is 16.5. The van der Waals surface area contributed by atoms with E-state index in [1.807, 2.05) is 0 Å². The van der Waals surface area contributed by atoms with Crippen LogP contribution in [0.25, 0.3) is 0 Å². The summed E-state index contributed by atoms with van der Waals surface area (Å²) in [5.74, 6) is 1.64. The Bertz CT molecular complexity index is 627. The van der Waals surface area contributed by atoms with Crippen LogP contribution in [0.2, 0.25) is 0 Å². The van der Waals surface area contributed by atoms with Crippen LogP contribution in [-0.4, -0.2) is 29.5 Å². The van der Waals surface area contributed by atoms with Crippen LogP contribution in [0.15, 0.2) is 18.2 Å². The minimum atomic E-state index is -0.393. The van der Waals surface area contributed by atoms with Gasteiger partial charge < -0.3 is 14.9 Å². The van der Waals surface area contributed by atoms with Gasteiger partial charge >= 0.3 is 0 Å². The SMILES string of the molecule is COc1ccc2c(c1)CC[C@@]1(C)C2CC[C@H]2[C@H](O)C[C@H](O)[C@@]21C. The molecule has 3 heteroatoms. The van der Waals surface area contributed by atoms with Crippen molar-refractivity contribution in [1.29, 1.82) is 0 Å². The lowest BCUT2D eigenvalue weighted by atomic mass is 9.45. The van der Waals surface area contributed by atoms with Crippen LogP contribution >= 0.6 is 0 Å². The standard InChI is InChI=1S/C20H28O3/c1-19-9-8-12-10-13(23-3)4-5-14(12)15(19)6-7-16-17(21)11-18(22)20(16,19)2/h4-5,10,15-18,21-22H,6-9,11H2,1-3H3/t15?,16-,17+,18-,19-,20+/m0/s1. The highest BCUT2D eigenvalue weighted by Gasteiger charge is 2.65. The van der Waals surface area contributed by atoms with Crippen molar-refractivity contribution in [1.82, 2.24) is 0 Å². The molecule has 3 nitrogen and oxygen atoms in total. The molecular weight excluding hydrogens is 288 g/mol. The van der Waals surface area contributed by atoms with Crippen molar-refractivity contribution in [3.8, 4) is 5.75 Å². The Balaban J connectivity index is 1.80. The number of aliphatic hydroxyl groups excluding tert-OH is 2. The van der Waals surface area contributed by atoms with Crippen molar-refractivity contribution >= 4 is 0 Å². The second-order valence-corrected chi connectivity index (χ2v) is 8.32. The lowest BCUT2D eigenvalue weighted by molar-refractivity contribution is -0.120. The van der Waals surface area contributed by atoms with E-state index in [1.165, 1.54) is 11.1 Å². The van der Waals surface area contributed by atoms with Crippen LogP contribution in [0.5, 0.6) is 5.75 Å². The van der Waals surface area contributed by atoms with Crippen LogP contribution < -0.4 is 4.74 Å². The summed E-state index contributed by atoms with van der Waals surface area (Å²) in [6.45, 7) is 4.59. The number of methoxy groups -OCH3 is 1. The second-order valence-electron chi connectivity index (χ2n) is 8.32. The first-order valence-corrected chi connectivity index (χ1v) is 8.94. The lowest BCUT2D eigenvalue weighted by Gasteiger charge is -2.60. The van der Waals surface area contributed by atoms with Gasteiger partial charge in [0.05, 0.1) is 19.3 Å². The Morgan fingerprint density at radius 3 is 2.70 bits per heavy atom. The van der Waals surface area contributed by atoms with Gasteiger partial charge in [-0.1, -0.05) is 19.9 Å². The fourth-order valence-electron chi connectivity index (χ4n) is 6.22. The third kappa shape index (κ3) is 1.84. The Morgan fingerprint density at radius 2 is 1.96 bits per heavy atom. The van der Waals surface area contributed by atoms with Gasteiger partial charge in [-0.25, -0.2) is 0 Å². The summed E-state index contributed by atoms with van der Waals surface area (Å²) in [5.41, 5.74) is 2.70. The molecule has 0 amide bonds. The smallest absolute Gasteiger partial charge is 0.119 e. The van der Waals surface area contributed by atoms with Crippen LogP contribution in [-0.2, 0) is 6.42 Å². The van der Waals surface area contributed by atoms with Crippen molar-refractivity contribution < 1.29 is 14.9 Å². The van der Waals surface area contributed by atoms with Crippen molar-refractivity contribution in [2.45, 2.75) is 64.1 Å². The Kier molecular flexibility index (Phi) is 3.34. The van der Waals surface area contributed by atoms with Gasteiger partial charge in [0, 0.05) is 11.8 Å². The topological polar surface area (TPSA) is 49.7 Å². The molecule has 4 rings (SSSR count). The zero-order valence-electron chi connectivity index (χ0n) is 14.4. The van der Waals surface area contributed by atoms with Crippen LogP contribution in [0.4, 0.5) is 0 Å². The van der Waals surface area contributed by atoms with E-state index >= 15 is 0 Å². The van der Waals surface area contributed by atoms with E-state index in [2.05, 4.69) is 32.0 Å². The molecule has 23 heavy (non-hydrogen) atoms. The average molecular weight is 316 g/mol. The molecule has 0 saturated heterocycles. The summed E-state index contributed by atoms with van der Waals surface area (Å²) in [5, 5.41) is 21.3. The fraction of sp³-hybridized carbons (Fsp3) is 0.700. The monoisotopic (exact) mass is 316 g/mol. The van der Waals surface area contributed by atoms with E-state index in [4.69, 9.17) is 4.74 Å². The number of fused-ring (bicyclic) bond motifs is 5. The minimum Gasteiger partial charge on any atom is -0.497 e. The molecule has 0 aliphatic heterocycles. The van der Waals surface area contributed by atoms with Gasteiger partial charge in [0.2, 0.25) is 0 Å². The predicted molar refractivity (Wildman–Crippen MR) is 89.6 cm³/mol. The van der Waals surface area contributed by atoms with Crippen molar-refractivity contribution in [3.05, 3.63) is 29.3 Å². The summed E-state index contributed by atoms with van der Waals surface area (Å²) in [7, 11) is 1.72. The zero-order chi connectivity index (χ0) is 16.4. The first-order valence-electron chi connectivity index (χ1n) is 8.94. The second kappa shape index (κ2) is 4.97. The number of rotatable bonds is 1. The van der Waals surface area contributed by atoms with Crippen molar-refractivity contribution in [3.63, 3.8) is 0 Å². The molecule has 1 unspecified atom stereocenters. The Hall–Kier alpha value is -1.06. The number of hydrogen-bond donors (Lipinski definition) is 2. The maximum Gasteiger partial charge on any atom is 0.119 e. The molecule has 0 radical (unpaired) electrons. The van der Waals surface area contributed by atoms with E-state index in [9.17, 15) is 10.2 Å². The molecular formula is C20H28O3. The summed E-state index contributed by atoms with van der Waals surface area (Å²) in [6, 6.07) is 6.49. The number of hydrogen-bond acceptors (Lipinski definition) is 3. The molecule has 3 aliphatic carbocycles. The summed E-state index contributed by atoms with van der Waals surface area (Å²) in [6.07, 6.45) is 4.04. The first-order chi connectivity index (χ1) is 10.9. The third-order valence-corrected chi connectivity index (χ3v) is 7.80. The number of aryl methyl sites for hydroxylation is 1. The van der Waals surface area contributed by atoms with E-state index in [0.29, 0.717) is 12.3 Å². The molecule has 126 valence electrons. The zero-order valence-corrected chi connectivity index (χ0v) is 14.4. The summed E-state index contributed by atoms with van der Waals surface area (Å²) in [4.78, 5) is 0. The molecule has 2 N–H and O–H groups in total. The highest BCUT2D eigenvalue weighted by Crippen LogP contribution is 2.68. The Morgan fingerprint density at radius 1 is 1.17 bits per heavy atom. The molecule has 0 spiro atoms. The van der Waals surface area contributed by atoms with E-state index in [-0.39, 0.29) is 22.9 Å². The van der Waals surface area contributed by atoms with Crippen LogP contribution in [0, 0.1) is 16.7 Å². The molecule has 3 aliphatic rings. The van der Waals surface area contributed by atoms with Gasteiger partial charge in [-0.3, -0.25) is 0 Å². The molecule has 2 saturated carbocycles. The summed E-state index contributed by atoms with van der Waals surface area (Å²) < 4.78 is 5.39. The first kappa shape index (κ1) is 15.5. The van der Waals surface area contributed by atoms with Gasteiger partial charge in [0.1, 0.15) is 5.75 Å². The number of benzene rings is 1. The lowest BCUT2D eigenvalue weighted by Crippen LogP contribution is -2.55. The van der Waals surface area contributed by atoms with Gasteiger partial charge in [0.25, 0.3) is 0 Å². The van der Waals surface area contributed by atoms with Crippen LogP contribution in [0.1, 0.15) is 56.6 Å². The maximum absolute atomic E-state index is 10.8. The van der Waals surface area contributed by atoms with Gasteiger partial charge in [-0.2, -0.15) is 0 Å². The molecule has 0 aromatic heterocycles. The fourth-order valence-corrected chi connectivity index (χ4v) is 6.22. The molecule has 6 atom stereocenters. The molecule has 1 aromatic rings. The normalized spacial score (nSPS) is 45.1. The predicted octanol–water partition coefficient (Wildman–Crippen LogP) is 3.27. The van der Waals surface area contributed by atoms with E-state index in [1.54, 1.807) is 7.11 Å². The van der Waals surface area contributed by atoms with Crippen molar-refractivity contribution in [2.75, 3.05) is 7.11 Å². The molecule has 1 aromatic carbocycles. The van der Waals surface area contributed by atoms with Crippen LogP contribution in [0.3, 0.4) is 0 Å². The van der Waals surface area contributed by atoms with Crippen molar-refractivity contribution in [2.24, 2.45) is 16.7 Å². The van der Waals surface area contributed by atoms with Gasteiger partial charge in [-0.05, 0) is 66.2 Å². The molecule has 2 fully saturated rings. The Labute approximate surface area is 138 Å². The number of ether oxygens (including phenoxy) is 1. The summed E-state index contributed by atoms with van der Waals surface area (Å²) >= 11 is 0. The highest BCUT2D eigenvalue weighted by molar-refractivity contribution is 5.42.